The molecule has 7 heteroatoms. The number of likely N-dealkylation sites (tertiary alicyclic amines) is 1. The first-order valence-electron chi connectivity index (χ1n) is 8.37. The van der Waals surface area contributed by atoms with Gasteiger partial charge in [0.05, 0.1) is 30.5 Å². The number of carbonyl (C=O) groups is 2. The number of ether oxygens (including phenoxy) is 1. The molecule has 2 amide bonds. The summed E-state index contributed by atoms with van der Waals surface area (Å²) in [6.45, 7) is 5.26. The van der Waals surface area contributed by atoms with Crippen LogP contribution in [0, 0.1) is 5.92 Å². The minimum absolute atomic E-state index is 0.0458. The second kappa shape index (κ2) is 7.63. The van der Waals surface area contributed by atoms with Crippen molar-refractivity contribution in [2.24, 2.45) is 5.92 Å². The van der Waals surface area contributed by atoms with Crippen molar-refractivity contribution in [3.63, 3.8) is 0 Å². The van der Waals surface area contributed by atoms with Crippen LogP contribution in [0.1, 0.15) is 6.42 Å². The first kappa shape index (κ1) is 16.7. The van der Waals surface area contributed by atoms with Crippen LogP contribution in [0.3, 0.4) is 0 Å². The Bertz CT molecular complexity index is 601. The Morgan fingerprint density at radius 3 is 2.75 bits per heavy atom. The molecule has 2 fully saturated rings. The number of hydrogen-bond acceptors (Lipinski definition) is 5. The zero-order valence-electron chi connectivity index (χ0n) is 13.7. The number of rotatable bonds is 5. The number of amides is 2. The van der Waals surface area contributed by atoms with E-state index in [1.54, 1.807) is 17.0 Å². The summed E-state index contributed by atoms with van der Waals surface area (Å²) in [5.41, 5.74) is 6.97. The second-order valence-electron chi connectivity index (χ2n) is 6.27. The smallest absolute Gasteiger partial charge is 0.229 e. The fraction of sp³-hybridized carbons (Fsp3) is 0.529. The van der Waals surface area contributed by atoms with E-state index in [1.807, 2.05) is 12.1 Å². The van der Waals surface area contributed by atoms with Gasteiger partial charge in [-0.25, -0.2) is 0 Å². The molecule has 130 valence electrons. The SMILES string of the molecule is Nc1ccccc1NC(=O)C1CC(=O)N(CCN2CCOCC2)C1. The number of nitrogens with zero attached hydrogens (tertiary/aromatic N) is 2. The Kier molecular flexibility index (Phi) is 5.32. The molecule has 0 saturated carbocycles. The zero-order valence-corrected chi connectivity index (χ0v) is 13.7. The summed E-state index contributed by atoms with van der Waals surface area (Å²) in [5.74, 6) is -0.415. The molecule has 1 aromatic carbocycles. The third kappa shape index (κ3) is 4.04. The number of para-hydroxylation sites is 2. The van der Waals surface area contributed by atoms with Crippen LogP contribution in [-0.4, -0.2) is 67.6 Å². The second-order valence-corrected chi connectivity index (χ2v) is 6.27. The maximum Gasteiger partial charge on any atom is 0.229 e. The molecule has 1 aromatic rings. The molecule has 1 unspecified atom stereocenters. The summed E-state index contributed by atoms with van der Waals surface area (Å²) in [6.07, 6.45) is 0.266. The predicted octanol–water partition coefficient (Wildman–Crippen LogP) is 0.388. The van der Waals surface area contributed by atoms with Crippen molar-refractivity contribution in [3.8, 4) is 0 Å². The summed E-state index contributed by atoms with van der Waals surface area (Å²) in [5, 5.41) is 2.83. The number of nitrogens with two attached hydrogens (primary N) is 1. The van der Waals surface area contributed by atoms with Gasteiger partial charge in [0.1, 0.15) is 0 Å². The van der Waals surface area contributed by atoms with Crippen LogP contribution >= 0.6 is 0 Å². The van der Waals surface area contributed by atoms with Crippen LogP contribution in [0.2, 0.25) is 0 Å². The van der Waals surface area contributed by atoms with Gasteiger partial charge in [-0.3, -0.25) is 14.5 Å². The molecule has 0 spiro atoms. The van der Waals surface area contributed by atoms with Crippen LogP contribution in [0.5, 0.6) is 0 Å². The van der Waals surface area contributed by atoms with E-state index in [1.165, 1.54) is 0 Å². The molecule has 2 saturated heterocycles. The molecule has 2 heterocycles. The molecule has 2 aliphatic heterocycles. The molecule has 3 N–H and O–H groups in total. The number of morpholine rings is 1. The van der Waals surface area contributed by atoms with Gasteiger partial charge in [0.25, 0.3) is 0 Å². The van der Waals surface area contributed by atoms with Gasteiger partial charge in [0.15, 0.2) is 0 Å². The van der Waals surface area contributed by atoms with Crippen molar-refractivity contribution in [2.75, 3.05) is 57.0 Å². The monoisotopic (exact) mass is 332 g/mol. The Morgan fingerprint density at radius 1 is 1.25 bits per heavy atom. The average Bonchev–Trinajstić information content (AvgIpc) is 2.97. The van der Waals surface area contributed by atoms with Gasteiger partial charge in [-0.05, 0) is 12.1 Å². The molecule has 3 rings (SSSR count). The molecule has 1 atom stereocenters. The van der Waals surface area contributed by atoms with Crippen LogP contribution in [0.4, 0.5) is 11.4 Å². The molecule has 2 aliphatic rings. The molecule has 7 nitrogen and oxygen atoms in total. The Morgan fingerprint density at radius 2 is 2.00 bits per heavy atom. The lowest BCUT2D eigenvalue weighted by Crippen LogP contribution is -2.42. The summed E-state index contributed by atoms with van der Waals surface area (Å²) >= 11 is 0. The molecule has 24 heavy (non-hydrogen) atoms. The van der Waals surface area contributed by atoms with Crippen LogP contribution in [0.15, 0.2) is 24.3 Å². The van der Waals surface area contributed by atoms with E-state index in [2.05, 4.69) is 10.2 Å². The topological polar surface area (TPSA) is 87.9 Å². The van der Waals surface area contributed by atoms with Crippen molar-refractivity contribution >= 4 is 23.2 Å². The highest BCUT2D eigenvalue weighted by Crippen LogP contribution is 2.22. The van der Waals surface area contributed by atoms with Crippen LogP contribution in [0.25, 0.3) is 0 Å². The fourth-order valence-electron chi connectivity index (χ4n) is 3.10. The third-order valence-electron chi connectivity index (χ3n) is 4.59. The van der Waals surface area contributed by atoms with E-state index in [0.717, 1.165) is 32.8 Å². The standard InChI is InChI=1S/C17H24N4O3/c18-14-3-1-2-4-15(14)19-17(23)13-11-16(22)21(12-13)6-5-20-7-9-24-10-8-20/h1-4,13H,5-12,18H2,(H,19,23). The normalized spacial score (nSPS) is 21.9. The summed E-state index contributed by atoms with van der Waals surface area (Å²) in [6, 6.07) is 7.14. The third-order valence-corrected chi connectivity index (χ3v) is 4.59. The van der Waals surface area contributed by atoms with Gasteiger partial charge >= 0.3 is 0 Å². The number of benzene rings is 1. The molecule has 0 aromatic heterocycles. The van der Waals surface area contributed by atoms with Crippen molar-refractivity contribution in [1.82, 2.24) is 9.80 Å². The molecule has 0 radical (unpaired) electrons. The Hall–Kier alpha value is -2.12. The molecular weight excluding hydrogens is 308 g/mol. The van der Waals surface area contributed by atoms with E-state index >= 15 is 0 Å². The summed E-state index contributed by atoms with van der Waals surface area (Å²) in [7, 11) is 0. The lowest BCUT2D eigenvalue weighted by atomic mass is 10.1. The van der Waals surface area contributed by atoms with E-state index in [-0.39, 0.29) is 24.2 Å². The average molecular weight is 332 g/mol. The van der Waals surface area contributed by atoms with E-state index in [9.17, 15) is 9.59 Å². The highest BCUT2D eigenvalue weighted by Gasteiger charge is 2.34. The first-order valence-corrected chi connectivity index (χ1v) is 8.37. The van der Waals surface area contributed by atoms with Crippen molar-refractivity contribution in [3.05, 3.63) is 24.3 Å². The van der Waals surface area contributed by atoms with Crippen LogP contribution in [-0.2, 0) is 14.3 Å². The maximum atomic E-state index is 12.4. The quantitative estimate of drug-likeness (QED) is 0.762. The van der Waals surface area contributed by atoms with Gasteiger partial charge in [0, 0.05) is 39.1 Å². The van der Waals surface area contributed by atoms with Crippen molar-refractivity contribution in [2.45, 2.75) is 6.42 Å². The van der Waals surface area contributed by atoms with E-state index < -0.39 is 0 Å². The number of nitrogen functional groups attached to an aromatic ring is 1. The highest BCUT2D eigenvalue weighted by molar-refractivity contribution is 5.99. The van der Waals surface area contributed by atoms with Gasteiger partial charge in [-0.15, -0.1) is 0 Å². The van der Waals surface area contributed by atoms with Gasteiger partial charge in [-0.1, -0.05) is 12.1 Å². The minimum atomic E-state index is -0.318. The van der Waals surface area contributed by atoms with Gasteiger partial charge < -0.3 is 20.7 Å². The lowest BCUT2D eigenvalue weighted by Gasteiger charge is -2.28. The van der Waals surface area contributed by atoms with E-state index in [0.29, 0.717) is 24.5 Å². The Balaban J connectivity index is 1.50. The van der Waals surface area contributed by atoms with Crippen LogP contribution < -0.4 is 11.1 Å². The predicted molar refractivity (Wildman–Crippen MR) is 91.4 cm³/mol. The van der Waals surface area contributed by atoms with Crippen molar-refractivity contribution < 1.29 is 14.3 Å². The number of hydrogen-bond donors (Lipinski definition) is 2. The molecule has 0 bridgehead atoms. The van der Waals surface area contributed by atoms with Gasteiger partial charge in [-0.2, -0.15) is 0 Å². The van der Waals surface area contributed by atoms with E-state index in [4.69, 9.17) is 10.5 Å². The number of anilines is 2. The lowest BCUT2D eigenvalue weighted by molar-refractivity contribution is -0.128. The number of nitrogens with one attached hydrogen (secondary N) is 1. The highest BCUT2D eigenvalue weighted by atomic mass is 16.5. The number of carbonyl (C=O) groups excluding carboxylic acids is 2. The Labute approximate surface area is 141 Å². The summed E-state index contributed by atoms with van der Waals surface area (Å²) in [4.78, 5) is 28.6. The fourth-order valence-corrected chi connectivity index (χ4v) is 3.10. The molecule has 0 aliphatic carbocycles. The zero-order chi connectivity index (χ0) is 16.9. The van der Waals surface area contributed by atoms with Gasteiger partial charge in [0.2, 0.25) is 11.8 Å². The van der Waals surface area contributed by atoms with Crippen molar-refractivity contribution in [1.29, 1.82) is 0 Å². The molecular formula is C17H24N4O3. The minimum Gasteiger partial charge on any atom is -0.397 e. The maximum absolute atomic E-state index is 12.4. The first-order chi connectivity index (χ1) is 11.6. The largest absolute Gasteiger partial charge is 0.397 e. The summed E-state index contributed by atoms with van der Waals surface area (Å²) < 4.78 is 5.32.